The first-order valence-corrected chi connectivity index (χ1v) is 9.57. The van der Waals surface area contributed by atoms with Crippen molar-refractivity contribution < 1.29 is 23.1 Å². The highest BCUT2D eigenvalue weighted by Gasteiger charge is 2.25. The van der Waals surface area contributed by atoms with Crippen molar-refractivity contribution in [2.24, 2.45) is 0 Å². The second kappa shape index (κ2) is 7.02. The average Bonchev–Trinajstić information content (AvgIpc) is 2.48. The van der Waals surface area contributed by atoms with Crippen LogP contribution in [-0.2, 0) is 15.6 Å². The molecule has 2 rings (SSSR count). The quantitative estimate of drug-likeness (QED) is 0.727. The smallest absolute Gasteiger partial charge is 0.339 e. The van der Waals surface area contributed by atoms with Crippen molar-refractivity contribution in [3.63, 3.8) is 0 Å². The van der Waals surface area contributed by atoms with E-state index in [0.29, 0.717) is 8.95 Å². The summed E-state index contributed by atoms with van der Waals surface area (Å²) < 4.78 is 31.2. The third-order valence-electron chi connectivity index (χ3n) is 3.13. The highest BCUT2D eigenvalue weighted by atomic mass is 79.9. The molecular formula is C15H12Br2O5S. The highest BCUT2D eigenvalue weighted by Crippen LogP contribution is 2.34. The van der Waals surface area contributed by atoms with Crippen molar-refractivity contribution in [3.8, 4) is 5.75 Å². The summed E-state index contributed by atoms with van der Waals surface area (Å²) in [7, 11) is -2.39. The summed E-state index contributed by atoms with van der Waals surface area (Å²) >= 11 is 6.41. The fraction of sp³-hybridized carbons (Fsp3) is 0.133. The molecule has 1 N–H and O–H groups in total. The van der Waals surface area contributed by atoms with Crippen LogP contribution < -0.4 is 4.74 Å². The third kappa shape index (κ3) is 3.76. The van der Waals surface area contributed by atoms with Crippen LogP contribution in [0.2, 0.25) is 0 Å². The number of carbonyl (C=O) groups is 1. The molecule has 0 bridgehead atoms. The van der Waals surface area contributed by atoms with Crippen LogP contribution in [0.15, 0.2) is 50.2 Å². The number of methoxy groups -OCH3 is 1. The first-order chi connectivity index (χ1) is 10.8. The third-order valence-corrected chi connectivity index (χ3v) is 6.43. The van der Waals surface area contributed by atoms with E-state index in [1.165, 1.54) is 19.2 Å². The fourth-order valence-electron chi connectivity index (χ4n) is 2.13. The minimum atomic E-state index is -3.72. The number of carboxylic acids is 1. The van der Waals surface area contributed by atoms with Gasteiger partial charge in [-0.1, -0.05) is 18.2 Å². The first-order valence-electron chi connectivity index (χ1n) is 6.34. The largest absolute Gasteiger partial charge is 0.495 e. The Hall–Kier alpha value is -1.38. The topological polar surface area (TPSA) is 80.7 Å². The predicted octanol–water partition coefficient (Wildman–Crippen LogP) is 3.89. The average molecular weight is 464 g/mol. The Morgan fingerprint density at radius 3 is 2.35 bits per heavy atom. The maximum absolute atomic E-state index is 12.6. The number of sulfone groups is 1. The minimum Gasteiger partial charge on any atom is -0.495 e. The van der Waals surface area contributed by atoms with Gasteiger partial charge in [-0.15, -0.1) is 0 Å². The summed E-state index contributed by atoms with van der Waals surface area (Å²) in [5.41, 5.74) is -0.00851. The van der Waals surface area contributed by atoms with Crippen LogP contribution in [0.4, 0.5) is 0 Å². The number of hydrogen-bond donors (Lipinski definition) is 1. The molecule has 0 spiro atoms. The lowest BCUT2D eigenvalue weighted by Crippen LogP contribution is -2.12. The Bertz CT molecular complexity index is 862. The van der Waals surface area contributed by atoms with E-state index in [1.807, 2.05) is 0 Å². The van der Waals surface area contributed by atoms with E-state index in [2.05, 4.69) is 31.9 Å². The van der Waals surface area contributed by atoms with E-state index in [1.54, 1.807) is 24.3 Å². The highest BCUT2D eigenvalue weighted by molar-refractivity contribution is 9.10. The summed E-state index contributed by atoms with van der Waals surface area (Å²) in [5, 5.41) is 9.42. The lowest BCUT2D eigenvalue weighted by atomic mass is 10.1. The monoisotopic (exact) mass is 462 g/mol. The van der Waals surface area contributed by atoms with Crippen LogP contribution in [0, 0.1) is 0 Å². The van der Waals surface area contributed by atoms with Gasteiger partial charge in [0.15, 0.2) is 9.84 Å². The number of aromatic carboxylic acids is 1. The molecule has 5 nitrogen and oxygen atoms in total. The standard InChI is InChI=1S/C15H12Br2O5S/c1-22-14-11(17)7-6-9(13(14)15(18)19)8-23(20,21)12-5-3-2-4-10(12)16/h2-7H,8H2,1H3,(H,18,19). The predicted molar refractivity (Wildman–Crippen MR) is 92.7 cm³/mol. The Morgan fingerprint density at radius 2 is 1.78 bits per heavy atom. The molecule has 0 aliphatic heterocycles. The Balaban J connectivity index is 2.57. The van der Waals surface area contributed by atoms with Crippen molar-refractivity contribution in [1.29, 1.82) is 0 Å². The molecule has 8 heteroatoms. The number of carboxylic acid groups (broad SMARTS) is 1. The van der Waals surface area contributed by atoms with Gasteiger partial charge in [0.1, 0.15) is 11.3 Å². The summed E-state index contributed by atoms with van der Waals surface area (Å²) in [5.74, 6) is -1.60. The molecule has 0 radical (unpaired) electrons. The van der Waals surface area contributed by atoms with Crippen molar-refractivity contribution in [2.45, 2.75) is 10.6 Å². The zero-order valence-corrected chi connectivity index (χ0v) is 15.9. The van der Waals surface area contributed by atoms with Gasteiger partial charge in [-0.3, -0.25) is 0 Å². The van der Waals surface area contributed by atoms with Gasteiger partial charge >= 0.3 is 5.97 Å². The first kappa shape index (κ1) is 18.0. The van der Waals surface area contributed by atoms with E-state index in [-0.39, 0.29) is 21.8 Å². The summed E-state index contributed by atoms with van der Waals surface area (Å²) in [6.45, 7) is 0. The molecular weight excluding hydrogens is 452 g/mol. The van der Waals surface area contributed by atoms with Crippen molar-refractivity contribution in [2.75, 3.05) is 7.11 Å². The molecule has 0 fully saturated rings. The molecule has 0 amide bonds. The van der Waals surface area contributed by atoms with E-state index < -0.39 is 21.6 Å². The number of benzene rings is 2. The van der Waals surface area contributed by atoms with Crippen LogP contribution in [0.1, 0.15) is 15.9 Å². The van der Waals surface area contributed by atoms with Gasteiger partial charge in [0.05, 0.1) is 22.2 Å². The van der Waals surface area contributed by atoms with Crippen molar-refractivity contribution in [1.82, 2.24) is 0 Å². The van der Waals surface area contributed by atoms with Crippen LogP contribution in [0.25, 0.3) is 0 Å². The number of ether oxygens (including phenoxy) is 1. The van der Waals surface area contributed by atoms with E-state index in [0.717, 1.165) is 0 Å². The second-order valence-electron chi connectivity index (χ2n) is 4.61. The van der Waals surface area contributed by atoms with Crippen LogP contribution in [0.3, 0.4) is 0 Å². The van der Waals surface area contributed by atoms with Crippen molar-refractivity contribution in [3.05, 3.63) is 56.5 Å². The summed E-state index contributed by atoms with van der Waals surface area (Å²) in [6.07, 6.45) is 0. The molecule has 23 heavy (non-hydrogen) atoms. The molecule has 0 aliphatic rings. The normalized spacial score (nSPS) is 11.3. The Morgan fingerprint density at radius 1 is 1.13 bits per heavy atom. The van der Waals surface area contributed by atoms with E-state index in [4.69, 9.17) is 4.74 Å². The lowest BCUT2D eigenvalue weighted by Gasteiger charge is -2.13. The minimum absolute atomic E-state index is 0.0947. The van der Waals surface area contributed by atoms with Crippen LogP contribution in [-0.4, -0.2) is 26.6 Å². The number of hydrogen-bond acceptors (Lipinski definition) is 4. The maximum Gasteiger partial charge on any atom is 0.339 e. The van der Waals surface area contributed by atoms with Gasteiger partial charge in [-0.05, 0) is 55.6 Å². The zero-order valence-electron chi connectivity index (χ0n) is 11.9. The van der Waals surface area contributed by atoms with E-state index in [9.17, 15) is 18.3 Å². The summed E-state index contributed by atoms with van der Waals surface area (Å²) in [4.78, 5) is 11.6. The van der Waals surface area contributed by atoms with Crippen LogP contribution >= 0.6 is 31.9 Å². The fourth-order valence-corrected chi connectivity index (χ4v) is 5.11. The molecule has 2 aromatic carbocycles. The van der Waals surface area contributed by atoms with Gasteiger partial charge in [0.25, 0.3) is 0 Å². The second-order valence-corrected chi connectivity index (χ2v) is 8.28. The Kier molecular flexibility index (Phi) is 5.49. The maximum atomic E-state index is 12.6. The van der Waals surface area contributed by atoms with E-state index >= 15 is 0 Å². The molecule has 0 aliphatic carbocycles. The SMILES string of the molecule is COc1c(Br)ccc(CS(=O)(=O)c2ccccc2Br)c1C(=O)O. The molecule has 122 valence electrons. The lowest BCUT2D eigenvalue weighted by molar-refractivity contribution is 0.0692. The van der Waals surface area contributed by atoms with Crippen LogP contribution in [0.5, 0.6) is 5.75 Å². The molecule has 0 aromatic heterocycles. The van der Waals surface area contributed by atoms with Gasteiger partial charge in [-0.2, -0.15) is 0 Å². The molecule has 0 unspecified atom stereocenters. The molecule has 0 saturated carbocycles. The summed E-state index contributed by atoms with van der Waals surface area (Å²) in [6, 6.07) is 9.43. The van der Waals surface area contributed by atoms with Gasteiger partial charge < -0.3 is 9.84 Å². The van der Waals surface area contributed by atoms with Gasteiger partial charge in [0.2, 0.25) is 0 Å². The van der Waals surface area contributed by atoms with Crippen molar-refractivity contribution >= 4 is 47.7 Å². The molecule has 0 atom stereocenters. The number of rotatable bonds is 5. The van der Waals surface area contributed by atoms with Gasteiger partial charge in [0, 0.05) is 4.47 Å². The molecule has 2 aromatic rings. The number of halogens is 2. The van der Waals surface area contributed by atoms with Gasteiger partial charge in [-0.25, -0.2) is 13.2 Å². The zero-order chi connectivity index (χ0) is 17.2. The Labute approximate surface area is 150 Å². The molecule has 0 saturated heterocycles. The molecule has 0 heterocycles.